The van der Waals surface area contributed by atoms with Crippen LogP contribution in [0.15, 0.2) is 16.7 Å². The highest BCUT2D eigenvalue weighted by Gasteiger charge is 2.22. The fourth-order valence-corrected chi connectivity index (χ4v) is 2.69. The third kappa shape index (κ3) is 2.15. The predicted octanol–water partition coefficient (Wildman–Crippen LogP) is 2.56. The molecule has 1 aliphatic rings. The molecule has 0 radical (unpaired) electrons. The molecule has 0 atom stereocenters. The monoisotopic (exact) mass is 261 g/mol. The van der Waals surface area contributed by atoms with E-state index in [1.165, 1.54) is 11.3 Å². The van der Waals surface area contributed by atoms with E-state index in [-0.39, 0.29) is 0 Å². The second kappa shape index (κ2) is 4.88. The van der Waals surface area contributed by atoms with Gasteiger partial charge in [0.2, 0.25) is 0 Å². The first-order chi connectivity index (χ1) is 8.86. The van der Waals surface area contributed by atoms with E-state index >= 15 is 0 Å². The Hall–Kier alpha value is -1.71. The lowest BCUT2D eigenvalue weighted by atomic mass is 10.00. The fraction of sp³-hybridized carbons (Fsp3) is 0.417. The Balaban J connectivity index is 1.82. The van der Waals surface area contributed by atoms with Gasteiger partial charge in [-0.2, -0.15) is 10.2 Å². The zero-order chi connectivity index (χ0) is 12.4. The molecule has 0 unspecified atom stereocenters. The van der Waals surface area contributed by atoms with E-state index in [2.05, 4.69) is 16.2 Å². The number of nitrogens with zero attached hydrogens (tertiary/aromatic N) is 3. The maximum Gasteiger partial charge on any atom is 0.268 e. The molecule has 18 heavy (non-hydrogen) atoms. The van der Waals surface area contributed by atoms with Gasteiger partial charge in [0, 0.05) is 19.1 Å². The summed E-state index contributed by atoms with van der Waals surface area (Å²) < 4.78 is 10.6. The minimum Gasteiger partial charge on any atom is -0.381 e. The molecule has 5 nitrogen and oxygen atoms in total. The summed E-state index contributed by atoms with van der Waals surface area (Å²) in [7, 11) is 0. The normalized spacial score (nSPS) is 16.6. The van der Waals surface area contributed by atoms with Crippen molar-refractivity contribution in [2.24, 2.45) is 0 Å². The molecule has 1 aliphatic heterocycles. The van der Waals surface area contributed by atoms with Crippen LogP contribution in [0, 0.1) is 11.3 Å². The summed E-state index contributed by atoms with van der Waals surface area (Å²) in [5.41, 5.74) is 0. The molecule has 0 bridgehead atoms. The van der Waals surface area contributed by atoms with Crippen molar-refractivity contribution in [1.29, 1.82) is 5.26 Å². The van der Waals surface area contributed by atoms with Crippen molar-refractivity contribution >= 4 is 11.3 Å². The van der Waals surface area contributed by atoms with Crippen molar-refractivity contribution < 1.29 is 9.26 Å². The van der Waals surface area contributed by atoms with E-state index in [4.69, 9.17) is 14.5 Å². The number of hydrogen-bond donors (Lipinski definition) is 0. The summed E-state index contributed by atoms with van der Waals surface area (Å²) in [5, 5.41) is 12.8. The lowest BCUT2D eigenvalue weighted by Crippen LogP contribution is -2.15. The predicted molar refractivity (Wildman–Crippen MR) is 65.1 cm³/mol. The fourth-order valence-electron chi connectivity index (χ4n) is 1.97. The van der Waals surface area contributed by atoms with Gasteiger partial charge in [-0.1, -0.05) is 5.16 Å². The van der Waals surface area contributed by atoms with Crippen LogP contribution in [-0.2, 0) is 4.74 Å². The molecule has 0 spiro atoms. The second-order valence-electron chi connectivity index (χ2n) is 4.12. The molecule has 1 fully saturated rings. The Labute approximate surface area is 108 Å². The van der Waals surface area contributed by atoms with Gasteiger partial charge in [0.1, 0.15) is 10.9 Å². The lowest BCUT2D eigenvalue weighted by molar-refractivity contribution is 0.0830. The summed E-state index contributed by atoms with van der Waals surface area (Å²) in [6, 6.07) is 5.70. The molecule has 0 aromatic carbocycles. The van der Waals surface area contributed by atoms with Crippen molar-refractivity contribution in [3.63, 3.8) is 0 Å². The highest BCUT2D eigenvalue weighted by molar-refractivity contribution is 7.15. The van der Waals surface area contributed by atoms with Crippen molar-refractivity contribution in [1.82, 2.24) is 10.1 Å². The van der Waals surface area contributed by atoms with Gasteiger partial charge < -0.3 is 9.26 Å². The molecule has 0 amide bonds. The Morgan fingerprint density at radius 2 is 2.17 bits per heavy atom. The standard InChI is InChI=1S/C12H11N3O2S/c13-7-9-1-2-10(18-9)12-14-11(15-17-12)8-3-5-16-6-4-8/h1-2,8H,3-6H2. The van der Waals surface area contributed by atoms with Gasteiger partial charge in [-0.15, -0.1) is 11.3 Å². The zero-order valence-corrected chi connectivity index (χ0v) is 10.4. The summed E-state index contributed by atoms with van der Waals surface area (Å²) in [5.74, 6) is 1.58. The lowest BCUT2D eigenvalue weighted by Gasteiger charge is -2.18. The first-order valence-corrected chi connectivity index (χ1v) is 6.60. The summed E-state index contributed by atoms with van der Waals surface area (Å²) in [4.78, 5) is 5.91. The Morgan fingerprint density at radius 3 is 2.89 bits per heavy atom. The van der Waals surface area contributed by atoms with Crippen molar-refractivity contribution in [2.75, 3.05) is 13.2 Å². The summed E-state index contributed by atoms with van der Waals surface area (Å²) >= 11 is 1.36. The number of nitriles is 1. The van der Waals surface area contributed by atoms with Crippen LogP contribution in [0.3, 0.4) is 0 Å². The van der Waals surface area contributed by atoms with Gasteiger partial charge in [0.05, 0.1) is 4.88 Å². The van der Waals surface area contributed by atoms with Gasteiger partial charge in [-0.05, 0) is 25.0 Å². The molecular weight excluding hydrogens is 250 g/mol. The van der Waals surface area contributed by atoms with E-state index < -0.39 is 0 Å². The molecule has 6 heteroatoms. The first-order valence-electron chi connectivity index (χ1n) is 5.78. The molecule has 92 valence electrons. The maximum absolute atomic E-state index is 8.79. The number of hydrogen-bond acceptors (Lipinski definition) is 6. The summed E-state index contributed by atoms with van der Waals surface area (Å²) in [6.07, 6.45) is 1.87. The topological polar surface area (TPSA) is 71.9 Å². The van der Waals surface area contributed by atoms with Crippen LogP contribution in [0.25, 0.3) is 10.8 Å². The molecule has 1 saturated heterocycles. The third-order valence-corrected chi connectivity index (χ3v) is 3.93. The molecule has 3 rings (SSSR count). The smallest absolute Gasteiger partial charge is 0.268 e. The molecule has 0 aliphatic carbocycles. The quantitative estimate of drug-likeness (QED) is 0.830. The van der Waals surface area contributed by atoms with Crippen molar-refractivity contribution in [3.8, 4) is 16.8 Å². The molecule has 0 saturated carbocycles. The van der Waals surface area contributed by atoms with E-state index in [0.29, 0.717) is 16.7 Å². The SMILES string of the molecule is N#Cc1ccc(-c2nc(C3CCOCC3)no2)s1. The maximum atomic E-state index is 8.79. The zero-order valence-electron chi connectivity index (χ0n) is 9.63. The van der Waals surface area contributed by atoms with E-state index in [9.17, 15) is 0 Å². The minimum absolute atomic E-state index is 0.326. The van der Waals surface area contributed by atoms with Crippen molar-refractivity contribution in [2.45, 2.75) is 18.8 Å². The highest BCUT2D eigenvalue weighted by Crippen LogP contribution is 2.30. The van der Waals surface area contributed by atoms with Crippen molar-refractivity contribution in [3.05, 3.63) is 22.8 Å². The van der Waals surface area contributed by atoms with E-state index in [0.717, 1.165) is 36.8 Å². The van der Waals surface area contributed by atoms with Gasteiger partial charge in [0.15, 0.2) is 5.82 Å². The number of aromatic nitrogens is 2. The van der Waals surface area contributed by atoms with Gasteiger partial charge >= 0.3 is 0 Å². The number of rotatable bonds is 2. The average molecular weight is 261 g/mol. The Kier molecular flexibility index (Phi) is 3.09. The van der Waals surface area contributed by atoms with Crippen LogP contribution in [0.2, 0.25) is 0 Å². The Bertz CT molecular complexity index is 578. The molecule has 3 heterocycles. The third-order valence-electron chi connectivity index (χ3n) is 2.96. The first kappa shape index (κ1) is 11.4. The highest BCUT2D eigenvalue weighted by atomic mass is 32.1. The Morgan fingerprint density at radius 1 is 1.33 bits per heavy atom. The molecule has 0 N–H and O–H groups in total. The average Bonchev–Trinajstić information content (AvgIpc) is 3.08. The van der Waals surface area contributed by atoms with Crippen LogP contribution >= 0.6 is 11.3 Å². The van der Waals surface area contributed by atoms with Gasteiger partial charge in [-0.3, -0.25) is 0 Å². The second-order valence-corrected chi connectivity index (χ2v) is 5.20. The van der Waals surface area contributed by atoms with Gasteiger partial charge in [-0.25, -0.2) is 0 Å². The van der Waals surface area contributed by atoms with Crippen LogP contribution in [0.1, 0.15) is 29.5 Å². The summed E-state index contributed by atoms with van der Waals surface area (Å²) in [6.45, 7) is 1.51. The largest absolute Gasteiger partial charge is 0.381 e. The van der Waals surface area contributed by atoms with Crippen LogP contribution in [0.5, 0.6) is 0 Å². The molecular formula is C12H11N3O2S. The van der Waals surface area contributed by atoms with Gasteiger partial charge in [0.25, 0.3) is 5.89 Å². The molecule has 2 aromatic heterocycles. The number of ether oxygens (including phenoxy) is 1. The molecule has 2 aromatic rings. The van der Waals surface area contributed by atoms with E-state index in [1.54, 1.807) is 6.07 Å². The van der Waals surface area contributed by atoms with Crippen LogP contribution in [-0.4, -0.2) is 23.4 Å². The van der Waals surface area contributed by atoms with Crippen LogP contribution in [0.4, 0.5) is 0 Å². The minimum atomic E-state index is 0.326. The van der Waals surface area contributed by atoms with Crippen LogP contribution < -0.4 is 0 Å². The van der Waals surface area contributed by atoms with E-state index in [1.807, 2.05) is 6.07 Å². The number of thiophene rings is 1.